The monoisotopic (exact) mass is 334 g/mol. The molecule has 1 saturated heterocycles. The van der Waals surface area contributed by atoms with Gasteiger partial charge in [-0.25, -0.2) is 4.79 Å². The standard InChI is InChI=1S/C18H26N2O4/c1-18(2,3)24-17(21)20(16-8-10-23-11-9-16)13-15-6-4-14(5-7-15)12-19-22/h4-7,12,16,22H,8-11,13H2,1-3H3/b19-12-. The van der Waals surface area contributed by atoms with E-state index in [1.807, 2.05) is 45.0 Å². The third-order valence-electron chi connectivity index (χ3n) is 3.80. The van der Waals surface area contributed by atoms with Gasteiger partial charge in [0.1, 0.15) is 5.60 Å². The van der Waals surface area contributed by atoms with E-state index < -0.39 is 5.60 Å². The van der Waals surface area contributed by atoms with Crippen molar-refractivity contribution in [3.8, 4) is 0 Å². The van der Waals surface area contributed by atoms with E-state index in [1.165, 1.54) is 6.21 Å². The third kappa shape index (κ3) is 5.53. The molecule has 0 atom stereocenters. The van der Waals surface area contributed by atoms with E-state index in [4.69, 9.17) is 14.7 Å². The van der Waals surface area contributed by atoms with E-state index in [1.54, 1.807) is 4.90 Å². The summed E-state index contributed by atoms with van der Waals surface area (Å²) in [5.74, 6) is 0. The predicted octanol–water partition coefficient (Wildman–Crippen LogP) is 3.41. The molecule has 1 aromatic rings. The van der Waals surface area contributed by atoms with Crippen molar-refractivity contribution >= 4 is 12.3 Å². The normalized spacial score (nSPS) is 16.3. The first-order chi connectivity index (χ1) is 11.4. The van der Waals surface area contributed by atoms with Gasteiger partial charge in [0.25, 0.3) is 0 Å². The highest BCUT2D eigenvalue weighted by Gasteiger charge is 2.29. The number of nitrogens with zero attached hydrogens (tertiary/aromatic N) is 2. The summed E-state index contributed by atoms with van der Waals surface area (Å²) in [5, 5.41) is 11.6. The number of hydrogen-bond acceptors (Lipinski definition) is 5. The number of hydrogen-bond donors (Lipinski definition) is 1. The second kappa shape index (κ2) is 8.15. The van der Waals surface area contributed by atoms with Crippen LogP contribution in [0.4, 0.5) is 4.79 Å². The third-order valence-corrected chi connectivity index (χ3v) is 3.80. The van der Waals surface area contributed by atoms with Gasteiger partial charge in [0, 0.05) is 25.8 Å². The fraction of sp³-hybridized carbons (Fsp3) is 0.556. The summed E-state index contributed by atoms with van der Waals surface area (Å²) in [5.41, 5.74) is 1.28. The lowest BCUT2D eigenvalue weighted by Gasteiger charge is -2.35. The quantitative estimate of drug-likeness (QED) is 0.520. The minimum Gasteiger partial charge on any atom is -0.444 e. The molecule has 0 aromatic heterocycles. The Kier molecular flexibility index (Phi) is 6.20. The van der Waals surface area contributed by atoms with Gasteiger partial charge in [-0.05, 0) is 44.7 Å². The number of benzene rings is 1. The molecule has 1 aliphatic heterocycles. The Morgan fingerprint density at radius 3 is 2.50 bits per heavy atom. The van der Waals surface area contributed by atoms with Crippen molar-refractivity contribution in [1.29, 1.82) is 0 Å². The van der Waals surface area contributed by atoms with Crippen molar-refractivity contribution in [1.82, 2.24) is 4.90 Å². The predicted molar refractivity (Wildman–Crippen MR) is 91.4 cm³/mol. The lowest BCUT2D eigenvalue weighted by molar-refractivity contribution is -0.00808. The molecule has 1 amide bonds. The van der Waals surface area contributed by atoms with Crippen molar-refractivity contribution in [3.63, 3.8) is 0 Å². The Hall–Kier alpha value is -2.08. The van der Waals surface area contributed by atoms with Gasteiger partial charge in [0.05, 0.1) is 6.21 Å². The fourth-order valence-corrected chi connectivity index (χ4v) is 2.63. The Morgan fingerprint density at radius 1 is 1.33 bits per heavy atom. The van der Waals surface area contributed by atoms with Crippen LogP contribution < -0.4 is 0 Å². The Morgan fingerprint density at radius 2 is 1.96 bits per heavy atom. The van der Waals surface area contributed by atoms with Crippen molar-refractivity contribution in [3.05, 3.63) is 35.4 Å². The van der Waals surface area contributed by atoms with E-state index in [9.17, 15) is 4.79 Å². The van der Waals surface area contributed by atoms with E-state index in [0.717, 1.165) is 24.0 Å². The highest BCUT2D eigenvalue weighted by atomic mass is 16.6. The molecule has 1 aliphatic rings. The molecule has 0 unspecified atom stereocenters. The van der Waals surface area contributed by atoms with Crippen molar-refractivity contribution in [2.75, 3.05) is 13.2 Å². The zero-order valence-electron chi connectivity index (χ0n) is 14.6. The van der Waals surface area contributed by atoms with Crippen LogP contribution >= 0.6 is 0 Å². The summed E-state index contributed by atoms with van der Waals surface area (Å²) in [6, 6.07) is 7.67. The molecule has 0 bridgehead atoms. The number of ether oxygens (including phenoxy) is 2. The zero-order valence-corrected chi connectivity index (χ0v) is 14.6. The lowest BCUT2D eigenvalue weighted by Crippen LogP contribution is -2.45. The van der Waals surface area contributed by atoms with Crippen LogP contribution in [0.5, 0.6) is 0 Å². The van der Waals surface area contributed by atoms with Crippen LogP contribution in [0.1, 0.15) is 44.7 Å². The van der Waals surface area contributed by atoms with Crippen LogP contribution in [0.3, 0.4) is 0 Å². The topological polar surface area (TPSA) is 71.4 Å². The minimum atomic E-state index is -0.526. The molecule has 1 heterocycles. The highest BCUT2D eigenvalue weighted by molar-refractivity contribution is 5.79. The van der Waals surface area contributed by atoms with Crippen LogP contribution in [0.15, 0.2) is 29.4 Å². The number of carbonyl (C=O) groups excluding carboxylic acids is 1. The number of oxime groups is 1. The number of carbonyl (C=O) groups is 1. The van der Waals surface area contributed by atoms with Crippen LogP contribution in [-0.2, 0) is 16.0 Å². The van der Waals surface area contributed by atoms with Gasteiger partial charge in [0.15, 0.2) is 0 Å². The maximum atomic E-state index is 12.6. The molecule has 1 N–H and O–H groups in total. The van der Waals surface area contributed by atoms with Gasteiger partial charge in [-0.1, -0.05) is 29.4 Å². The summed E-state index contributed by atoms with van der Waals surface area (Å²) in [4.78, 5) is 14.4. The molecule has 6 nitrogen and oxygen atoms in total. The molecule has 0 spiro atoms. The van der Waals surface area contributed by atoms with Gasteiger partial charge in [-0.15, -0.1) is 0 Å². The molecule has 2 rings (SSSR count). The average Bonchev–Trinajstić information content (AvgIpc) is 2.53. The molecule has 132 valence electrons. The first-order valence-electron chi connectivity index (χ1n) is 8.23. The van der Waals surface area contributed by atoms with Gasteiger partial charge in [-0.2, -0.15) is 0 Å². The van der Waals surface area contributed by atoms with Crippen molar-refractivity contribution < 1.29 is 19.5 Å². The summed E-state index contributed by atoms with van der Waals surface area (Å²) < 4.78 is 11.0. The fourth-order valence-electron chi connectivity index (χ4n) is 2.63. The Balaban J connectivity index is 2.13. The largest absolute Gasteiger partial charge is 0.444 e. The van der Waals surface area contributed by atoms with Crippen LogP contribution in [0.2, 0.25) is 0 Å². The first kappa shape index (κ1) is 18.3. The number of amides is 1. The summed E-state index contributed by atoms with van der Waals surface area (Å²) in [7, 11) is 0. The average molecular weight is 334 g/mol. The Labute approximate surface area is 143 Å². The minimum absolute atomic E-state index is 0.118. The molecule has 0 radical (unpaired) electrons. The zero-order chi connectivity index (χ0) is 17.6. The second-order valence-electron chi connectivity index (χ2n) is 6.94. The number of rotatable bonds is 4. The second-order valence-corrected chi connectivity index (χ2v) is 6.94. The molecule has 6 heteroatoms. The summed E-state index contributed by atoms with van der Waals surface area (Å²) in [6.45, 7) is 7.42. The SMILES string of the molecule is CC(C)(C)OC(=O)N(Cc1ccc(/C=N\O)cc1)C1CCOCC1. The molecular weight excluding hydrogens is 308 g/mol. The molecule has 24 heavy (non-hydrogen) atoms. The highest BCUT2D eigenvalue weighted by Crippen LogP contribution is 2.21. The Bertz CT molecular complexity index is 557. The smallest absolute Gasteiger partial charge is 0.410 e. The van der Waals surface area contributed by atoms with Gasteiger partial charge in [0.2, 0.25) is 0 Å². The molecule has 0 saturated carbocycles. The molecule has 1 fully saturated rings. The van der Waals surface area contributed by atoms with Crippen molar-refractivity contribution in [2.45, 2.75) is 51.8 Å². The van der Waals surface area contributed by atoms with Crippen LogP contribution in [0.25, 0.3) is 0 Å². The summed E-state index contributed by atoms with van der Waals surface area (Å²) in [6.07, 6.45) is 2.70. The van der Waals surface area contributed by atoms with Gasteiger partial charge in [-0.3, -0.25) is 0 Å². The maximum absolute atomic E-state index is 12.6. The first-order valence-corrected chi connectivity index (χ1v) is 8.23. The van der Waals surface area contributed by atoms with Crippen molar-refractivity contribution in [2.24, 2.45) is 5.16 Å². The van der Waals surface area contributed by atoms with Gasteiger partial charge < -0.3 is 19.6 Å². The van der Waals surface area contributed by atoms with E-state index >= 15 is 0 Å². The van der Waals surface area contributed by atoms with E-state index in [-0.39, 0.29) is 12.1 Å². The van der Waals surface area contributed by atoms with Gasteiger partial charge >= 0.3 is 6.09 Å². The molecule has 0 aliphatic carbocycles. The molecular formula is C18H26N2O4. The van der Waals surface area contributed by atoms with Crippen LogP contribution in [-0.4, -0.2) is 47.3 Å². The lowest BCUT2D eigenvalue weighted by atomic mass is 10.1. The summed E-state index contributed by atoms with van der Waals surface area (Å²) >= 11 is 0. The maximum Gasteiger partial charge on any atom is 0.410 e. The molecule has 1 aromatic carbocycles. The van der Waals surface area contributed by atoms with E-state index in [2.05, 4.69) is 5.16 Å². The van der Waals surface area contributed by atoms with Crippen LogP contribution in [0, 0.1) is 0 Å². The van der Waals surface area contributed by atoms with E-state index in [0.29, 0.717) is 19.8 Å².